The maximum absolute atomic E-state index is 11.9. The molecule has 4 heteroatoms. The first-order chi connectivity index (χ1) is 8.35. The molecular weight excluding hydrogens is 230 g/mol. The van der Waals surface area contributed by atoms with Crippen molar-refractivity contribution in [2.75, 3.05) is 0 Å². The lowest BCUT2D eigenvalue weighted by atomic mass is 9.95. The van der Waals surface area contributed by atoms with Crippen LogP contribution in [0.25, 0.3) is 0 Å². The Morgan fingerprint density at radius 1 is 1.28 bits per heavy atom. The van der Waals surface area contributed by atoms with Gasteiger partial charge in [-0.3, -0.25) is 4.79 Å². The SMILES string of the molecule is CC(C)(C)OC(=O)c1ccc2c(n1)CCC(=O)C2. The van der Waals surface area contributed by atoms with Crippen LogP contribution in [0.5, 0.6) is 0 Å². The average Bonchev–Trinajstić information content (AvgIpc) is 2.26. The third kappa shape index (κ3) is 2.94. The van der Waals surface area contributed by atoms with Crippen LogP contribution < -0.4 is 0 Å². The number of carbonyl (C=O) groups is 2. The van der Waals surface area contributed by atoms with Crippen LogP contribution in [-0.2, 0) is 22.4 Å². The van der Waals surface area contributed by atoms with Crippen molar-refractivity contribution in [3.05, 3.63) is 29.1 Å². The minimum Gasteiger partial charge on any atom is -0.455 e. The second-order valence-electron chi connectivity index (χ2n) is 5.52. The fourth-order valence-corrected chi connectivity index (χ4v) is 1.91. The number of Topliss-reactive ketones (excluding diaryl/α,β-unsaturated/α-hetero) is 1. The van der Waals surface area contributed by atoms with E-state index in [4.69, 9.17) is 4.74 Å². The molecule has 1 aliphatic rings. The highest BCUT2D eigenvalue weighted by Crippen LogP contribution is 2.19. The summed E-state index contributed by atoms with van der Waals surface area (Å²) >= 11 is 0. The Bertz CT molecular complexity index is 500. The van der Waals surface area contributed by atoms with Gasteiger partial charge < -0.3 is 4.74 Å². The van der Waals surface area contributed by atoms with Crippen molar-refractivity contribution >= 4 is 11.8 Å². The van der Waals surface area contributed by atoms with Crippen molar-refractivity contribution in [3.63, 3.8) is 0 Å². The Morgan fingerprint density at radius 2 is 2.00 bits per heavy atom. The molecule has 0 aliphatic heterocycles. The molecule has 0 saturated heterocycles. The summed E-state index contributed by atoms with van der Waals surface area (Å²) in [5, 5.41) is 0. The van der Waals surface area contributed by atoms with Gasteiger partial charge in [0.25, 0.3) is 0 Å². The largest absolute Gasteiger partial charge is 0.455 e. The molecule has 0 bridgehead atoms. The van der Waals surface area contributed by atoms with E-state index in [0.717, 1.165) is 11.3 Å². The highest BCUT2D eigenvalue weighted by atomic mass is 16.6. The first-order valence-electron chi connectivity index (χ1n) is 6.09. The number of esters is 1. The Morgan fingerprint density at radius 3 is 2.67 bits per heavy atom. The highest BCUT2D eigenvalue weighted by Gasteiger charge is 2.22. The zero-order valence-corrected chi connectivity index (χ0v) is 10.9. The number of fused-ring (bicyclic) bond motifs is 1. The van der Waals surface area contributed by atoms with E-state index in [1.54, 1.807) is 12.1 Å². The molecule has 0 aromatic carbocycles. The summed E-state index contributed by atoms with van der Waals surface area (Å²) in [6, 6.07) is 3.43. The van der Waals surface area contributed by atoms with Gasteiger partial charge in [-0.05, 0) is 38.8 Å². The highest BCUT2D eigenvalue weighted by molar-refractivity contribution is 5.88. The van der Waals surface area contributed by atoms with Crippen LogP contribution >= 0.6 is 0 Å². The lowest BCUT2D eigenvalue weighted by Gasteiger charge is -2.20. The molecule has 0 spiro atoms. The molecule has 18 heavy (non-hydrogen) atoms. The number of pyridine rings is 1. The third-order valence-corrected chi connectivity index (χ3v) is 2.70. The van der Waals surface area contributed by atoms with Crippen LogP contribution in [-0.4, -0.2) is 22.3 Å². The Hall–Kier alpha value is -1.71. The number of nitrogens with zero attached hydrogens (tertiary/aromatic N) is 1. The van der Waals surface area contributed by atoms with Crippen LogP contribution in [0.15, 0.2) is 12.1 Å². The molecule has 0 saturated carbocycles. The lowest BCUT2D eigenvalue weighted by Crippen LogP contribution is -2.25. The van der Waals surface area contributed by atoms with Crippen molar-refractivity contribution < 1.29 is 14.3 Å². The first-order valence-corrected chi connectivity index (χ1v) is 6.09. The lowest BCUT2D eigenvalue weighted by molar-refractivity contribution is -0.118. The van der Waals surface area contributed by atoms with E-state index in [2.05, 4.69) is 4.98 Å². The average molecular weight is 247 g/mol. The molecule has 2 rings (SSSR count). The minimum absolute atomic E-state index is 0.231. The summed E-state index contributed by atoms with van der Waals surface area (Å²) in [5.74, 6) is -0.184. The van der Waals surface area contributed by atoms with Crippen LogP contribution in [0.1, 0.15) is 48.9 Å². The van der Waals surface area contributed by atoms with Crippen molar-refractivity contribution in [3.8, 4) is 0 Å². The first kappa shape index (κ1) is 12.7. The van der Waals surface area contributed by atoms with E-state index < -0.39 is 11.6 Å². The monoisotopic (exact) mass is 247 g/mol. The molecule has 0 fully saturated rings. The van der Waals surface area contributed by atoms with Gasteiger partial charge in [0.05, 0.1) is 0 Å². The molecule has 1 heterocycles. The summed E-state index contributed by atoms with van der Waals surface area (Å²) in [5.41, 5.74) is 1.57. The summed E-state index contributed by atoms with van der Waals surface area (Å²) in [4.78, 5) is 27.5. The number of carbonyl (C=O) groups excluding carboxylic acids is 2. The molecule has 4 nitrogen and oxygen atoms in total. The van der Waals surface area contributed by atoms with Gasteiger partial charge in [-0.15, -0.1) is 0 Å². The van der Waals surface area contributed by atoms with E-state index in [1.165, 1.54) is 0 Å². The molecule has 0 unspecified atom stereocenters. The summed E-state index contributed by atoms with van der Waals surface area (Å²) < 4.78 is 5.27. The van der Waals surface area contributed by atoms with Crippen LogP contribution in [0, 0.1) is 0 Å². The van der Waals surface area contributed by atoms with Crippen molar-refractivity contribution in [2.24, 2.45) is 0 Å². The number of hydrogen-bond acceptors (Lipinski definition) is 4. The fourth-order valence-electron chi connectivity index (χ4n) is 1.91. The molecule has 96 valence electrons. The van der Waals surface area contributed by atoms with E-state index in [-0.39, 0.29) is 5.78 Å². The van der Waals surface area contributed by atoms with Crippen LogP contribution in [0.2, 0.25) is 0 Å². The number of hydrogen-bond donors (Lipinski definition) is 0. The number of rotatable bonds is 1. The Labute approximate surface area is 106 Å². The van der Waals surface area contributed by atoms with Gasteiger partial charge in [0, 0.05) is 18.5 Å². The fraction of sp³-hybridized carbons (Fsp3) is 0.500. The second-order valence-corrected chi connectivity index (χ2v) is 5.52. The van der Waals surface area contributed by atoms with Crippen molar-refractivity contribution in [1.29, 1.82) is 0 Å². The van der Waals surface area contributed by atoms with Gasteiger partial charge in [0.2, 0.25) is 0 Å². The van der Waals surface area contributed by atoms with E-state index >= 15 is 0 Å². The van der Waals surface area contributed by atoms with Gasteiger partial charge >= 0.3 is 5.97 Å². The molecule has 1 aromatic rings. The standard InChI is InChI=1S/C14H17NO3/c1-14(2,3)18-13(17)12-6-4-9-8-10(16)5-7-11(9)15-12/h4,6H,5,7-8H2,1-3H3. The number of aryl methyl sites for hydroxylation is 1. The molecular formula is C14H17NO3. The van der Waals surface area contributed by atoms with Crippen LogP contribution in [0.3, 0.4) is 0 Å². The summed E-state index contributed by atoms with van der Waals surface area (Å²) in [7, 11) is 0. The van der Waals surface area contributed by atoms with Crippen molar-refractivity contribution in [2.45, 2.75) is 45.6 Å². The van der Waals surface area contributed by atoms with Gasteiger partial charge in [0.15, 0.2) is 0 Å². The zero-order chi connectivity index (χ0) is 13.3. The summed E-state index contributed by atoms with van der Waals surface area (Å²) in [6.45, 7) is 5.46. The quantitative estimate of drug-likeness (QED) is 0.713. The smallest absolute Gasteiger partial charge is 0.357 e. The third-order valence-electron chi connectivity index (χ3n) is 2.70. The minimum atomic E-state index is -0.523. The predicted octanol–water partition coefficient (Wildman–Crippen LogP) is 2.09. The summed E-state index contributed by atoms with van der Waals surface area (Å²) in [6.07, 6.45) is 1.56. The second kappa shape index (κ2) is 4.52. The molecule has 0 amide bonds. The van der Waals surface area contributed by atoms with Crippen molar-refractivity contribution in [1.82, 2.24) is 4.98 Å². The maximum atomic E-state index is 11.9. The van der Waals surface area contributed by atoms with E-state index in [9.17, 15) is 9.59 Å². The normalized spacial score (nSPS) is 15.2. The molecule has 1 aliphatic carbocycles. The number of ketones is 1. The van der Waals surface area contributed by atoms with Gasteiger partial charge in [-0.25, -0.2) is 9.78 Å². The Balaban J connectivity index is 2.21. The zero-order valence-electron chi connectivity index (χ0n) is 10.9. The predicted molar refractivity (Wildman–Crippen MR) is 66.4 cm³/mol. The van der Waals surface area contributed by atoms with E-state index in [1.807, 2.05) is 20.8 Å². The number of ether oxygens (including phenoxy) is 1. The topological polar surface area (TPSA) is 56.3 Å². The Kier molecular flexibility index (Phi) is 3.20. The van der Waals surface area contributed by atoms with E-state index in [0.29, 0.717) is 25.0 Å². The molecule has 0 radical (unpaired) electrons. The molecule has 1 aromatic heterocycles. The number of aromatic nitrogens is 1. The molecule has 0 N–H and O–H groups in total. The van der Waals surface area contributed by atoms with Crippen LogP contribution in [0.4, 0.5) is 0 Å². The maximum Gasteiger partial charge on any atom is 0.357 e. The van der Waals surface area contributed by atoms with Gasteiger partial charge in [-0.2, -0.15) is 0 Å². The van der Waals surface area contributed by atoms with Gasteiger partial charge in [-0.1, -0.05) is 6.07 Å². The van der Waals surface area contributed by atoms with Gasteiger partial charge in [0.1, 0.15) is 17.1 Å². The molecule has 0 atom stereocenters.